The monoisotopic (exact) mass is 409 g/mol. The largest absolute Gasteiger partial charge is 0.493 e. The number of benzene rings is 1. The van der Waals surface area contributed by atoms with Crippen LogP contribution in [0.2, 0.25) is 0 Å². The summed E-state index contributed by atoms with van der Waals surface area (Å²) in [6.45, 7) is 1.14. The fraction of sp³-hybridized carbons (Fsp3) is 0.650. The van der Waals surface area contributed by atoms with Crippen molar-refractivity contribution in [2.45, 2.75) is 44.8 Å². The summed E-state index contributed by atoms with van der Waals surface area (Å²) in [7, 11) is 0.506. The van der Waals surface area contributed by atoms with E-state index in [1.807, 2.05) is 18.2 Å². The third kappa shape index (κ3) is 5.53. The number of hydrogen-bond acceptors (Lipinski definition) is 5. The summed E-state index contributed by atoms with van der Waals surface area (Å²) in [6, 6.07) is 5.90. The SMILES string of the molecule is CN=C(NCc1cccc(OC)c1OC1CCCC1)NCC1CCS(=O)(=O)C1. The van der Waals surface area contributed by atoms with Gasteiger partial charge in [-0.1, -0.05) is 12.1 Å². The van der Waals surface area contributed by atoms with Gasteiger partial charge in [0.15, 0.2) is 27.3 Å². The van der Waals surface area contributed by atoms with E-state index in [0.29, 0.717) is 25.5 Å². The Morgan fingerprint density at radius 2 is 2.00 bits per heavy atom. The topological polar surface area (TPSA) is 89.0 Å². The van der Waals surface area contributed by atoms with Crippen molar-refractivity contribution in [3.05, 3.63) is 23.8 Å². The van der Waals surface area contributed by atoms with Crippen LogP contribution in [0.3, 0.4) is 0 Å². The lowest BCUT2D eigenvalue weighted by atomic mass is 10.1. The van der Waals surface area contributed by atoms with Gasteiger partial charge in [-0.05, 0) is 44.1 Å². The number of sulfone groups is 1. The lowest BCUT2D eigenvalue weighted by molar-refractivity contribution is 0.198. The van der Waals surface area contributed by atoms with Gasteiger partial charge >= 0.3 is 0 Å². The van der Waals surface area contributed by atoms with Gasteiger partial charge in [-0.15, -0.1) is 0 Å². The van der Waals surface area contributed by atoms with Gasteiger partial charge in [-0.25, -0.2) is 8.42 Å². The predicted molar refractivity (Wildman–Crippen MR) is 111 cm³/mol. The van der Waals surface area contributed by atoms with E-state index in [9.17, 15) is 8.42 Å². The van der Waals surface area contributed by atoms with Crippen LogP contribution in [-0.2, 0) is 16.4 Å². The molecule has 0 bridgehead atoms. The summed E-state index contributed by atoms with van der Waals surface area (Å²) in [5, 5.41) is 6.54. The number of guanidine groups is 1. The maximum Gasteiger partial charge on any atom is 0.191 e. The molecule has 0 radical (unpaired) electrons. The Morgan fingerprint density at radius 3 is 2.64 bits per heavy atom. The van der Waals surface area contributed by atoms with Gasteiger partial charge in [0.1, 0.15) is 0 Å². The zero-order chi connectivity index (χ0) is 20.0. The molecular formula is C20H31N3O4S. The molecule has 0 aromatic heterocycles. The van der Waals surface area contributed by atoms with Gasteiger partial charge in [-0.3, -0.25) is 4.99 Å². The van der Waals surface area contributed by atoms with Crippen LogP contribution in [0, 0.1) is 5.92 Å². The first-order valence-electron chi connectivity index (χ1n) is 9.98. The zero-order valence-electron chi connectivity index (χ0n) is 16.7. The summed E-state index contributed by atoms with van der Waals surface area (Å²) >= 11 is 0. The van der Waals surface area contributed by atoms with Crippen molar-refractivity contribution in [2.24, 2.45) is 10.9 Å². The van der Waals surface area contributed by atoms with Crippen LogP contribution in [0.5, 0.6) is 11.5 Å². The summed E-state index contributed by atoms with van der Waals surface area (Å²) in [5.74, 6) is 2.87. The number of methoxy groups -OCH3 is 1. The summed E-state index contributed by atoms with van der Waals surface area (Å²) in [5.41, 5.74) is 1.01. The van der Waals surface area contributed by atoms with Crippen LogP contribution in [0.15, 0.2) is 23.2 Å². The van der Waals surface area contributed by atoms with Crippen LogP contribution in [0.4, 0.5) is 0 Å². The Kier molecular flexibility index (Phi) is 7.04. The smallest absolute Gasteiger partial charge is 0.191 e. The molecule has 1 saturated heterocycles. The molecule has 1 aliphatic heterocycles. The number of nitrogens with zero attached hydrogens (tertiary/aromatic N) is 1. The minimum Gasteiger partial charge on any atom is -0.493 e. The molecule has 3 rings (SSSR count). The Morgan fingerprint density at radius 1 is 1.21 bits per heavy atom. The van der Waals surface area contributed by atoms with Crippen molar-refractivity contribution >= 4 is 15.8 Å². The summed E-state index contributed by atoms with van der Waals surface area (Å²) in [4.78, 5) is 4.25. The number of para-hydroxylation sites is 1. The molecule has 2 N–H and O–H groups in total. The summed E-state index contributed by atoms with van der Waals surface area (Å²) in [6.07, 6.45) is 5.54. The van der Waals surface area contributed by atoms with Crippen molar-refractivity contribution in [1.82, 2.24) is 10.6 Å². The molecule has 2 fully saturated rings. The normalized spacial score (nSPS) is 22.2. The number of hydrogen-bond donors (Lipinski definition) is 2. The standard InChI is InChI=1S/C20H31N3O4S/c1-21-20(22-12-15-10-11-28(24,25)14-15)23-13-16-6-5-9-18(26-2)19(16)27-17-7-3-4-8-17/h5-6,9,15,17H,3-4,7-8,10-14H2,1-2H3,(H2,21,22,23). The first kappa shape index (κ1) is 20.8. The highest BCUT2D eigenvalue weighted by molar-refractivity contribution is 7.91. The van der Waals surface area contributed by atoms with Crippen LogP contribution < -0.4 is 20.1 Å². The molecule has 1 aromatic rings. The fourth-order valence-electron chi connectivity index (χ4n) is 3.84. The van der Waals surface area contributed by atoms with Gasteiger partial charge in [0, 0.05) is 25.7 Å². The lowest BCUT2D eigenvalue weighted by Gasteiger charge is -2.20. The van der Waals surface area contributed by atoms with Gasteiger partial charge in [0.25, 0.3) is 0 Å². The highest BCUT2D eigenvalue weighted by Crippen LogP contribution is 2.34. The summed E-state index contributed by atoms with van der Waals surface area (Å²) < 4.78 is 35.0. The van der Waals surface area contributed by atoms with E-state index in [1.165, 1.54) is 12.8 Å². The molecule has 0 spiro atoms. The number of rotatable bonds is 7. The third-order valence-electron chi connectivity index (χ3n) is 5.42. The van der Waals surface area contributed by atoms with Gasteiger partial charge in [-0.2, -0.15) is 0 Å². The van der Waals surface area contributed by atoms with Crippen LogP contribution in [0.25, 0.3) is 0 Å². The molecule has 28 heavy (non-hydrogen) atoms. The molecule has 1 atom stereocenters. The Labute approximate surface area is 167 Å². The maximum absolute atomic E-state index is 11.6. The minimum atomic E-state index is -2.86. The quantitative estimate of drug-likeness (QED) is 0.530. The first-order chi connectivity index (χ1) is 13.5. The molecule has 0 amide bonds. The van der Waals surface area contributed by atoms with Crippen LogP contribution in [0.1, 0.15) is 37.7 Å². The fourth-order valence-corrected chi connectivity index (χ4v) is 5.70. The second-order valence-corrected chi connectivity index (χ2v) is 9.78. The Bertz CT molecular complexity index is 789. The second kappa shape index (κ2) is 9.49. The molecule has 1 unspecified atom stereocenters. The number of aliphatic imine (C=N–C) groups is 1. The lowest BCUT2D eigenvalue weighted by Crippen LogP contribution is -2.39. The van der Waals surface area contributed by atoms with E-state index in [4.69, 9.17) is 9.47 Å². The average molecular weight is 410 g/mol. The molecule has 156 valence electrons. The van der Waals surface area contributed by atoms with E-state index in [0.717, 1.165) is 29.9 Å². The average Bonchev–Trinajstić information content (AvgIpc) is 3.32. The molecule has 2 aliphatic rings. The van der Waals surface area contributed by atoms with Crippen LogP contribution >= 0.6 is 0 Å². The first-order valence-corrected chi connectivity index (χ1v) is 11.8. The zero-order valence-corrected chi connectivity index (χ0v) is 17.6. The van der Waals surface area contributed by atoms with E-state index < -0.39 is 9.84 Å². The van der Waals surface area contributed by atoms with E-state index in [2.05, 4.69) is 15.6 Å². The second-order valence-electron chi connectivity index (χ2n) is 7.55. The van der Waals surface area contributed by atoms with Gasteiger partial charge < -0.3 is 20.1 Å². The Balaban J connectivity index is 1.59. The molecular weight excluding hydrogens is 378 g/mol. The van der Waals surface area contributed by atoms with Gasteiger partial charge in [0.2, 0.25) is 0 Å². The van der Waals surface area contributed by atoms with Crippen molar-refractivity contribution in [3.8, 4) is 11.5 Å². The highest BCUT2D eigenvalue weighted by Gasteiger charge is 2.27. The van der Waals surface area contributed by atoms with Crippen molar-refractivity contribution in [3.63, 3.8) is 0 Å². The molecule has 1 aromatic carbocycles. The predicted octanol–water partition coefficient (Wildman–Crippen LogP) is 2.12. The Hall–Kier alpha value is -1.96. The van der Waals surface area contributed by atoms with E-state index in [1.54, 1.807) is 14.2 Å². The minimum absolute atomic E-state index is 0.140. The highest BCUT2D eigenvalue weighted by atomic mass is 32.2. The molecule has 7 nitrogen and oxygen atoms in total. The molecule has 1 heterocycles. The maximum atomic E-state index is 11.6. The molecule has 1 saturated carbocycles. The van der Waals surface area contributed by atoms with Crippen molar-refractivity contribution < 1.29 is 17.9 Å². The van der Waals surface area contributed by atoms with Gasteiger partial charge in [0.05, 0.1) is 24.7 Å². The van der Waals surface area contributed by atoms with Crippen molar-refractivity contribution in [1.29, 1.82) is 0 Å². The third-order valence-corrected chi connectivity index (χ3v) is 7.26. The molecule has 1 aliphatic carbocycles. The van der Waals surface area contributed by atoms with E-state index >= 15 is 0 Å². The number of nitrogens with one attached hydrogen (secondary N) is 2. The van der Waals surface area contributed by atoms with Crippen LogP contribution in [-0.4, -0.2) is 52.7 Å². The van der Waals surface area contributed by atoms with Crippen molar-refractivity contribution in [2.75, 3.05) is 32.2 Å². The van der Waals surface area contributed by atoms with E-state index in [-0.39, 0.29) is 23.5 Å². The molecule has 8 heteroatoms. The number of ether oxygens (including phenoxy) is 2.